The first kappa shape index (κ1) is 22.1. The van der Waals surface area contributed by atoms with Crippen molar-refractivity contribution in [2.45, 2.75) is 25.9 Å². The lowest BCUT2D eigenvalue weighted by Crippen LogP contribution is -2.40. The lowest BCUT2D eigenvalue weighted by Gasteiger charge is -2.18. The number of halogens is 1. The summed E-state index contributed by atoms with van der Waals surface area (Å²) in [5.41, 5.74) is 1.16. The first-order valence-corrected chi connectivity index (χ1v) is 7.91. The molecule has 0 saturated carbocycles. The van der Waals surface area contributed by atoms with E-state index < -0.39 is 0 Å². The molecule has 0 aliphatic heterocycles. The molecule has 0 amide bonds. The van der Waals surface area contributed by atoms with Crippen molar-refractivity contribution in [2.24, 2.45) is 4.99 Å². The maximum absolute atomic E-state index is 5.54. The van der Waals surface area contributed by atoms with Crippen molar-refractivity contribution in [3.05, 3.63) is 35.9 Å². The van der Waals surface area contributed by atoms with Crippen molar-refractivity contribution in [1.29, 1.82) is 0 Å². The Hall–Kier alpha value is -0.860. The van der Waals surface area contributed by atoms with Gasteiger partial charge in [-0.3, -0.25) is 4.99 Å². The van der Waals surface area contributed by atoms with E-state index in [1.807, 2.05) is 25.1 Å². The van der Waals surface area contributed by atoms with E-state index in [1.165, 1.54) is 0 Å². The molecule has 5 nitrogen and oxygen atoms in total. The van der Waals surface area contributed by atoms with E-state index in [0.29, 0.717) is 6.54 Å². The van der Waals surface area contributed by atoms with E-state index in [9.17, 15) is 0 Å². The van der Waals surface area contributed by atoms with E-state index in [4.69, 9.17) is 9.47 Å². The molecular weight excluding hydrogens is 405 g/mol. The quantitative estimate of drug-likeness (QED) is 0.257. The topological polar surface area (TPSA) is 54.9 Å². The van der Waals surface area contributed by atoms with Crippen LogP contribution in [0.3, 0.4) is 0 Å². The zero-order chi connectivity index (χ0) is 16.0. The fourth-order valence-electron chi connectivity index (χ4n) is 2.10. The number of hydrogen-bond donors (Lipinski definition) is 2. The summed E-state index contributed by atoms with van der Waals surface area (Å²) in [7, 11) is 3.50. The third-order valence-corrected chi connectivity index (χ3v) is 3.35. The second-order valence-electron chi connectivity index (χ2n) is 4.92. The molecule has 1 aromatic carbocycles. The largest absolute Gasteiger partial charge is 0.382 e. The first-order valence-electron chi connectivity index (χ1n) is 7.91. The zero-order valence-corrected chi connectivity index (χ0v) is 16.7. The minimum atomic E-state index is 0. The molecule has 0 aliphatic carbocycles. The van der Waals surface area contributed by atoms with Crippen LogP contribution in [0.15, 0.2) is 35.3 Å². The Morgan fingerprint density at radius 3 is 2.52 bits per heavy atom. The van der Waals surface area contributed by atoms with Gasteiger partial charge in [-0.05, 0) is 25.3 Å². The van der Waals surface area contributed by atoms with Gasteiger partial charge >= 0.3 is 0 Å². The Kier molecular flexibility index (Phi) is 14.2. The molecule has 0 radical (unpaired) electrons. The lowest BCUT2D eigenvalue weighted by atomic mass is 10.1. The molecule has 23 heavy (non-hydrogen) atoms. The Morgan fingerprint density at radius 1 is 1.17 bits per heavy atom. The summed E-state index contributed by atoms with van der Waals surface area (Å²) in [4.78, 5) is 4.23. The molecular formula is C17H30IN3O2. The molecule has 0 aliphatic rings. The van der Waals surface area contributed by atoms with E-state index in [-0.39, 0.29) is 30.1 Å². The van der Waals surface area contributed by atoms with Crippen molar-refractivity contribution < 1.29 is 9.47 Å². The van der Waals surface area contributed by atoms with Crippen LogP contribution in [0, 0.1) is 0 Å². The van der Waals surface area contributed by atoms with Gasteiger partial charge in [0.25, 0.3) is 0 Å². The van der Waals surface area contributed by atoms with Crippen LogP contribution in [0.2, 0.25) is 0 Å². The minimum Gasteiger partial charge on any atom is -0.382 e. The third-order valence-electron chi connectivity index (χ3n) is 3.35. The molecule has 0 fully saturated rings. The van der Waals surface area contributed by atoms with Crippen LogP contribution in [0.5, 0.6) is 0 Å². The Bertz CT molecular complexity index is 416. The van der Waals surface area contributed by atoms with Crippen LogP contribution in [-0.2, 0) is 9.47 Å². The molecule has 1 unspecified atom stereocenters. The average molecular weight is 435 g/mol. The summed E-state index contributed by atoms with van der Waals surface area (Å²) in [6.07, 6.45) is 2.13. The number of rotatable bonds is 10. The van der Waals surface area contributed by atoms with E-state index in [0.717, 1.165) is 44.1 Å². The predicted octanol–water partition coefficient (Wildman–Crippen LogP) is 2.97. The van der Waals surface area contributed by atoms with Gasteiger partial charge in [0.15, 0.2) is 5.96 Å². The van der Waals surface area contributed by atoms with Crippen LogP contribution in [0.1, 0.15) is 31.4 Å². The summed E-state index contributed by atoms with van der Waals surface area (Å²) in [6, 6.07) is 10.2. The van der Waals surface area contributed by atoms with Crippen molar-refractivity contribution in [2.75, 3.05) is 40.5 Å². The number of nitrogens with zero attached hydrogens (tertiary/aromatic N) is 1. The van der Waals surface area contributed by atoms with Crippen LogP contribution >= 0.6 is 24.0 Å². The minimum absolute atomic E-state index is 0. The van der Waals surface area contributed by atoms with Crippen molar-refractivity contribution in [3.63, 3.8) is 0 Å². The molecule has 0 heterocycles. The van der Waals surface area contributed by atoms with E-state index in [1.54, 1.807) is 14.2 Å². The number of ether oxygens (including phenoxy) is 2. The van der Waals surface area contributed by atoms with E-state index >= 15 is 0 Å². The molecule has 0 bridgehead atoms. The highest BCUT2D eigenvalue weighted by molar-refractivity contribution is 14.0. The number of nitrogens with one attached hydrogen (secondary N) is 2. The van der Waals surface area contributed by atoms with Crippen molar-refractivity contribution in [1.82, 2.24) is 10.6 Å². The summed E-state index contributed by atoms with van der Waals surface area (Å²) in [5, 5.41) is 6.61. The van der Waals surface area contributed by atoms with Gasteiger partial charge in [0.2, 0.25) is 0 Å². The summed E-state index contributed by atoms with van der Waals surface area (Å²) in [5.74, 6) is 0.800. The standard InChI is InChI=1S/C17H29N3O2.HI/c1-4-22-13-9-8-12-19-17(18-2)20-14-16(21-3)15-10-6-5-7-11-15;/h5-7,10-11,16H,4,8-9,12-14H2,1-3H3,(H2,18,19,20);1H. The summed E-state index contributed by atoms with van der Waals surface area (Å²) >= 11 is 0. The number of unbranched alkanes of at least 4 members (excludes halogenated alkanes) is 1. The SMILES string of the molecule is CCOCCCCNC(=NC)NCC(OC)c1ccccc1.I. The predicted molar refractivity (Wildman–Crippen MR) is 107 cm³/mol. The van der Waals surface area contributed by atoms with Gasteiger partial charge in [-0.1, -0.05) is 30.3 Å². The average Bonchev–Trinajstić information content (AvgIpc) is 2.57. The lowest BCUT2D eigenvalue weighted by molar-refractivity contribution is 0.106. The molecule has 132 valence electrons. The highest BCUT2D eigenvalue weighted by atomic mass is 127. The van der Waals surface area contributed by atoms with Gasteiger partial charge in [0.1, 0.15) is 0 Å². The van der Waals surface area contributed by atoms with Gasteiger partial charge in [-0.15, -0.1) is 24.0 Å². The number of methoxy groups -OCH3 is 1. The highest BCUT2D eigenvalue weighted by Crippen LogP contribution is 2.14. The normalized spacial score (nSPS) is 12.4. The van der Waals surface area contributed by atoms with Gasteiger partial charge < -0.3 is 20.1 Å². The first-order chi connectivity index (χ1) is 10.8. The number of hydrogen-bond acceptors (Lipinski definition) is 3. The molecule has 1 atom stereocenters. The van der Waals surface area contributed by atoms with Gasteiger partial charge in [-0.2, -0.15) is 0 Å². The van der Waals surface area contributed by atoms with Crippen molar-refractivity contribution >= 4 is 29.9 Å². The fraction of sp³-hybridized carbons (Fsp3) is 0.588. The van der Waals surface area contributed by atoms with Crippen LogP contribution in [0.4, 0.5) is 0 Å². The van der Waals surface area contributed by atoms with Crippen LogP contribution < -0.4 is 10.6 Å². The zero-order valence-electron chi connectivity index (χ0n) is 14.4. The van der Waals surface area contributed by atoms with Gasteiger partial charge in [0.05, 0.1) is 6.10 Å². The second kappa shape index (κ2) is 14.7. The van der Waals surface area contributed by atoms with Crippen LogP contribution in [-0.4, -0.2) is 46.4 Å². The molecule has 0 saturated heterocycles. The smallest absolute Gasteiger partial charge is 0.191 e. The number of guanidine groups is 1. The molecule has 1 rings (SSSR count). The fourth-order valence-corrected chi connectivity index (χ4v) is 2.10. The molecule has 1 aromatic rings. The van der Waals surface area contributed by atoms with Crippen molar-refractivity contribution in [3.8, 4) is 0 Å². The number of aliphatic imine (C=N–C) groups is 1. The Labute approximate surface area is 157 Å². The monoisotopic (exact) mass is 435 g/mol. The number of benzene rings is 1. The van der Waals surface area contributed by atoms with Gasteiger partial charge in [-0.25, -0.2) is 0 Å². The molecule has 0 spiro atoms. The maximum Gasteiger partial charge on any atom is 0.191 e. The highest BCUT2D eigenvalue weighted by Gasteiger charge is 2.10. The Balaban J connectivity index is 0.00000484. The molecule has 6 heteroatoms. The van der Waals surface area contributed by atoms with Gasteiger partial charge in [0, 0.05) is 40.5 Å². The maximum atomic E-state index is 5.54. The third kappa shape index (κ3) is 9.78. The molecule has 2 N–H and O–H groups in total. The Morgan fingerprint density at radius 2 is 1.91 bits per heavy atom. The molecule has 0 aromatic heterocycles. The second-order valence-corrected chi connectivity index (χ2v) is 4.92. The van der Waals surface area contributed by atoms with Crippen LogP contribution in [0.25, 0.3) is 0 Å². The summed E-state index contributed by atoms with van der Waals surface area (Å²) < 4.78 is 10.9. The summed E-state index contributed by atoms with van der Waals surface area (Å²) in [6.45, 7) is 5.19. The van der Waals surface area contributed by atoms with E-state index in [2.05, 4.69) is 27.8 Å².